The fourth-order valence-electron chi connectivity index (χ4n) is 3.89. The Balaban J connectivity index is 1.89. The predicted molar refractivity (Wildman–Crippen MR) is 116 cm³/mol. The monoisotopic (exact) mass is 421 g/mol. The molecule has 3 aromatic rings. The molecule has 1 amide bonds. The van der Waals surface area contributed by atoms with Crippen molar-refractivity contribution < 1.29 is 24.2 Å². The minimum absolute atomic E-state index is 0.0775. The van der Waals surface area contributed by atoms with Crippen LogP contribution < -0.4 is 14.4 Å². The van der Waals surface area contributed by atoms with Crippen LogP contribution in [0.1, 0.15) is 30.5 Å². The van der Waals surface area contributed by atoms with Gasteiger partial charge in [0.1, 0.15) is 0 Å². The van der Waals surface area contributed by atoms with Crippen LogP contribution in [0.3, 0.4) is 0 Å². The standard InChI is InChI=1S/C23H23N3O5/c1-5-16(27)19-20(13-8-6-7-12(2)9-13)26(22(29)21(19)28)23-24-14-10-17(30-3)18(31-4)11-15(14)25-23/h6-11,20,28H,5H2,1-4H3,(H,24,25). The van der Waals surface area contributed by atoms with E-state index in [9.17, 15) is 14.7 Å². The Labute approximate surface area is 179 Å². The van der Waals surface area contributed by atoms with Crippen LogP contribution in [-0.4, -0.2) is 41.0 Å². The summed E-state index contributed by atoms with van der Waals surface area (Å²) >= 11 is 0. The summed E-state index contributed by atoms with van der Waals surface area (Å²) < 4.78 is 10.7. The van der Waals surface area contributed by atoms with E-state index in [1.165, 1.54) is 19.1 Å². The molecule has 1 unspecified atom stereocenters. The van der Waals surface area contributed by atoms with Gasteiger partial charge in [-0.05, 0) is 12.5 Å². The molecule has 1 aromatic heterocycles. The maximum absolute atomic E-state index is 13.1. The van der Waals surface area contributed by atoms with Gasteiger partial charge in [-0.1, -0.05) is 36.8 Å². The number of methoxy groups -OCH3 is 2. The second-order valence-electron chi connectivity index (χ2n) is 7.32. The Morgan fingerprint density at radius 1 is 1.19 bits per heavy atom. The van der Waals surface area contributed by atoms with Crippen molar-refractivity contribution in [2.24, 2.45) is 0 Å². The van der Waals surface area contributed by atoms with Crippen LogP contribution in [0.25, 0.3) is 11.0 Å². The van der Waals surface area contributed by atoms with Gasteiger partial charge in [0.2, 0.25) is 5.95 Å². The molecular weight excluding hydrogens is 398 g/mol. The van der Waals surface area contributed by atoms with Gasteiger partial charge in [-0.2, -0.15) is 0 Å². The molecule has 0 bridgehead atoms. The molecule has 1 aliphatic rings. The Morgan fingerprint density at radius 2 is 1.90 bits per heavy atom. The number of carbonyl (C=O) groups excluding carboxylic acids is 2. The van der Waals surface area contributed by atoms with Gasteiger partial charge in [0, 0.05) is 18.6 Å². The maximum Gasteiger partial charge on any atom is 0.296 e. The van der Waals surface area contributed by atoms with Crippen molar-refractivity contribution in [2.75, 3.05) is 19.1 Å². The van der Waals surface area contributed by atoms with E-state index in [0.717, 1.165) is 5.56 Å². The number of carbonyl (C=O) groups is 2. The normalized spacial score (nSPS) is 16.3. The number of hydrogen-bond acceptors (Lipinski definition) is 6. The minimum atomic E-state index is -0.788. The number of imidazole rings is 1. The highest BCUT2D eigenvalue weighted by Gasteiger charge is 2.45. The molecule has 160 valence electrons. The van der Waals surface area contributed by atoms with E-state index in [0.29, 0.717) is 28.1 Å². The van der Waals surface area contributed by atoms with E-state index in [1.807, 2.05) is 31.2 Å². The quantitative estimate of drug-likeness (QED) is 0.628. The summed E-state index contributed by atoms with van der Waals surface area (Å²) in [6.45, 7) is 3.62. The van der Waals surface area contributed by atoms with Gasteiger partial charge in [-0.15, -0.1) is 0 Å². The van der Waals surface area contributed by atoms with Crippen molar-refractivity contribution in [3.05, 3.63) is 58.9 Å². The number of H-pyrrole nitrogens is 1. The minimum Gasteiger partial charge on any atom is -0.503 e. The molecule has 0 spiro atoms. The number of aryl methyl sites for hydroxylation is 1. The van der Waals surface area contributed by atoms with E-state index in [4.69, 9.17) is 9.47 Å². The van der Waals surface area contributed by atoms with Crippen molar-refractivity contribution in [1.82, 2.24) is 9.97 Å². The number of rotatable bonds is 6. The number of aromatic amines is 1. The number of nitrogens with one attached hydrogen (secondary N) is 1. The predicted octanol–water partition coefficient (Wildman–Crippen LogP) is 3.77. The Bertz CT molecular complexity index is 1190. The molecule has 0 radical (unpaired) electrons. The zero-order chi connectivity index (χ0) is 22.3. The van der Waals surface area contributed by atoms with Crippen molar-refractivity contribution in [2.45, 2.75) is 26.3 Å². The first-order valence-electron chi connectivity index (χ1n) is 9.87. The SMILES string of the molecule is CCC(=O)C1=C(O)C(=O)N(c2nc3cc(OC)c(OC)cc3[nH]2)C1c1cccc(C)c1. The molecule has 8 heteroatoms. The van der Waals surface area contributed by atoms with Crippen LogP contribution in [-0.2, 0) is 9.59 Å². The number of fused-ring (bicyclic) bond motifs is 1. The lowest BCUT2D eigenvalue weighted by Crippen LogP contribution is -2.32. The van der Waals surface area contributed by atoms with E-state index < -0.39 is 17.7 Å². The largest absolute Gasteiger partial charge is 0.503 e. The topological polar surface area (TPSA) is 105 Å². The van der Waals surface area contributed by atoms with Gasteiger partial charge >= 0.3 is 0 Å². The fourth-order valence-corrected chi connectivity index (χ4v) is 3.89. The lowest BCUT2D eigenvalue weighted by Gasteiger charge is -2.24. The molecule has 0 aliphatic carbocycles. The smallest absolute Gasteiger partial charge is 0.296 e. The number of aliphatic hydroxyl groups excluding tert-OH is 1. The summed E-state index contributed by atoms with van der Waals surface area (Å²) in [6.07, 6.45) is 0.164. The molecule has 0 saturated heterocycles. The average Bonchev–Trinajstić information content (AvgIpc) is 3.29. The van der Waals surface area contributed by atoms with Gasteiger partial charge in [-0.25, -0.2) is 4.98 Å². The zero-order valence-electron chi connectivity index (χ0n) is 17.7. The lowest BCUT2D eigenvalue weighted by atomic mass is 9.94. The van der Waals surface area contributed by atoms with E-state index in [-0.39, 0.29) is 23.7 Å². The van der Waals surface area contributed by atoms with Crippen LogP contribution in [0.2, 0.25) is 0 Å². The van der Waals surface area contributed by atoms with Crippen molar-refractivity contribution in [3.8, 4) is 11.5 Å². The van der Waals surface area contributed by atoms with Gasteiger partial charge in [0.25, 0.3) is 5.91 Å². The van der Waals surface area contributed by atoms with Gasteiger partial charge in [0.05, 0.1) is 36.9 Å². The third-order valence-electron chi connectivity index (χ3n) is 5.39. The van der Waals surface area contributed by atoms with Crippen molar-refractivity contribution in [3.63, 3.8) is 0 Å². The third-order valence-corrected chi connectivity index (χ3v) is 5.39. The average molecular weight is 421 g/mol. The highest BCUT2D eigenvalue weighted by atomic mass is 16.5. The van der Waals surface area contributed by atoms with Crippen molar-refractivity contribution >= 4 is 28.7 Å². The molecule has 8 nitrogen and oxygen atoms in total. The number of anilines is 1. The molecule has 1 aliphatic heterocycles. The molecule has 4 rings (SSSR count). The number of aromatic nitrogens is 2. The van der Waals surface area contributed by atoms with Gasteiger partial charge < -0.3 is 19.6 Å². The Hall–Kier alpha value is -3.81. The Kier molecular flexibility index (Phi) is 5.14. The van der Waals surface area contributed by atoms with Crippen LogP contribution >= 0.6 is 0 Å². The summed E-state index contributed by atoms with van der Waals surface area (Å²) in [5, 5.41) is 10.6. The van der Waals surface area contributed by atoms with E-state index in [1.54, 1.807) is 19.1 Å². The second-order valence-corrected chi connectivity index (χ2v) is 7.32. The van der Waals surface area contributed by atoms with Gasteiger partial charge in [-0.3, -0.25) is 14.5 Å². The van der Waals surface area contributed by atoms with Crippen LogP contribution in [0.15, 0.2) is 47.7 Å². The number of ether oxygens (including phenoxy) is 2. The molecule has 1 atom stereocenters. The number of aliphatic hydroxyl groups is 1. The molecule has 2 N–H and O–H groups in total. The molecule has 2 heterocycles. The first-order chi connectivity index (χ1) is 14.9. The molecule has 0 fully saturated rings. The summed E-state index contributed by atoms with van der Waals surface area (Å²) in [6, 6.07) is 10.1. The number of nitrogens with zero attached hydrogens (tertiary/aromatic N) is 2. The number of Topliss-reactive ketones (excluding diaryl/α,β-unsaturated/α-hetero) is 1. The Morgan fingerprint density at radius 3 is 2.55 bits per heavy atom. The number of ketones is 1. The summed E-state index contributed by atoms with van der Waals surface area (Å²) in [4.78, 5) is 34.8. The maximum atomic E-state index is 13.1. The highest BCUT2D eigenvalue weighted by molar-refractivity contribution is 6.16. The zero-order valence-corrected chi connectivity index (χ0v) is 17.7. The third kappa shape index (κ3) is 3.30. The van der Waals surface area contributed by atoms with E-state index in [2.05, 4.69) is 9.97 Å². The highest BCUT2D eigenvalue weighted by Crippen LogP contribution is 2.41. The first-order valence-corrected chi connectivity index (χ1v) is 9.87. The summed E-state index contributed by atoms with van der Waals surface area (Å²) in [5.74, 6) is -0.295. The second kappa shape index (κ2) is 7.79. The summed E-state index contributed by atoms with van der Waals surface area (Å²) in [7, 11) is 3.06. The van der Waals surface area contributed by atoms with Crippen LogP contribution in [0.5, 0.6) is 11.5 Å². The first kappa shape index (κ1) is 20.5. The molecule has 31 heavy (non-hydrogen) atoms. The van der Waals surface area contributed by atoms with Crippen LogP contribution in [0, 0.1) is 6.92 Å². The number of amides is 1. The van der Waals surface area contributed by atoms with Crippen LogP contribution in [0.4, 0.5) is 5.95 Å². The van der Waals surface area contributed by atoms with Crippen molar-refractivity contribution in [1.29, 1.82) is 0 Å². The number of benzene rings is 2. The van der Waals surface area contributed by atoms with Gasteiger partial charge in [0.15, 0.2) is 23.0 Å². The molecular formula is C23H23N3O5. The summed E-state index contributed by atoms with van der Waals surface area (Å²) in [5.41, 5.74) is 2.94. The molecule has 0 saturated carbocycles. The fraction of sp³-hybridized carbons (Fsp3) is 0.261. The number of hydrogen-bond donors (Lipinski definition) is 2. The van der Waals surface area contributed by atoms with E-state index >= 15 is 0 Å². The lowest BCUT2D eigenvalue weighted by molar-refractivity contribution is -0.118. The molecule has 2 aromatic carbocycles.